The number of carbonyl (C=O) groups excluding carboxylic acids is 1. The minimum atomic E-state index is -0.0422. The number of fused-ring (bicyclic) bond motifs is 2. The predicted octanol–water partition coefficient (Wildman–Crippen LogP) is 4.81. The van der Waals surface area contributed by atoms with Crippen molar-refractivity contribution >= 4 is 44.2 Å². The number of nitrogens with zero attached hydrogens (tertiary/aromatic N) is 3. The normalized spacial score (nSPS) is 13.9. The standard InChI is InChI=1S/C24H24N4OS/c29-24(25-13-7-12-22-26-20-10-3-4-11-21(20)30-22)18-16-17-8-1-2-9-19(17)27-23(18)28-14-5-6-15-28/h1-4,8-11,16H,5-7,12-15H2,(H,25,29). The number of nitrogens with one attached hydrogen (secondary N) is 1. The van der Waals surface area contributed by atoms with Crippen LogP contribution in [0.2, 0.25) is 0 Å². The Morgan fingerprint density at radius 1 is 1.00 bits per heavy atom. The molecule has 0 radical (unpaired) electrons. The highest BCUT2D eigenvalue weighted by Gasteiger charge is 2.21. The maximum Gasteiger partial charge on any atom is 0.255 e. The smallest absolute Gasteiger partial charge is 0.255 e. The molecule has 152 valence electrons. The summed E-state index contributed by atoms with van der Waals surface area (Å²) in [5.74, 6) is 0.773. The van der Waals surface area contributed by atoms with Crippen molar-refractivity contribution in [3.05, 3.63) is 65.2 Å². The van der Waals surface area contributed by atoms with E-state index in [4.69, 9.17) is 4.98 Å². The third kappa shape index (κ3) is 3.87. The van der Waals surface area contributed by atoms with E-state index in [0.29, 0.717) is 12.1 Å². The van der Waals surface area contributed by atoms with E-state index in [9.17, 15) is 4.79 Å². The molecule has 0 atom stereocenters. The molecule has 5 rings (SSSR count). The van der Waals surface area contributed by atoms with Crippen LogP contribution in [0.4, 0.5) is 5.82 Å². The van der Waals surface area contributed by atoms with Crippen molar-refractivity contribution in [3.63, 3.8) is 0 Å². The molecule has 1 N–H and O–H groups in total. The number of anilines is 1. The van der Waals surface area contributed by atoms with Crippen molar-refractivity contribution < 1.29 is 4.79 Å². The number of rotatable bonds is 6. The summed E-state index contributed by atoms with van der Waals surface area (Å²) < 4.78 is 1.22. The molecule has 1 aliphatic heterocycles. The second kappa shape index (κ2) is 8.40. The molecule has 0 saturated carbocycles. The summed E-state index contributed by atoms with van der Waals surface area (Å²) in [6.45, 7) is 2.55. The Bertz CT molecular complexity index is 1160. The fourth-order valence-electron chi connectivity index (χ4n) is 4.01. The Labute approximate surface area is 179 Å². The van der Waals surface area contributed by atoms with Crippen molar-refractivity contribution in [2.75, 3.05) is 24.5 Å². The summed E-state index contributed by atoms with van der Waals surface area (Å²) in [7, 11) is 0. The van der Waals surface area contributed by atoms with Crippen molar-refractivity contribution in [2.45, 2.75) is 25.7 Å². The Morgan fingerprint density at radius 3 is 2.60 bits per heavy atom. The van der Waals surface area contributed by atoms with E-state index in [1.165, 1.54) is 4.70 Å². The van der Waals surface area contributed by atoms with Crippen molar-refractivity contribution in [2.24, 2.45) is 0 Å². The number of pyridine rings is 1. The van der Waals surface area contributed by atoms with Gasteiger partial charge in [0, 0.05) is 31.4 Å². The van der Waals surface area contributed by atoms with Gasteiger partial charge in [0.25, 0.3) is 5.91 Å². The number of amides is 1. The van der Waals surface area contributed by atoms with Crippen LogP contribution in [0.5, 0.6) is 0 Å². The molecule has 1 saturated heterocycles. The quantitative estimate of drug-likeness (QED) is 0.459. The van der Waals surface area contributed by atoms with E-state index in [-0.39, 0.29) is 5.91 Å². The Balaban J connectivity index is 1.28. The van der Waals surface area contributed by atoms with Crippen LogP contribution >= 0.6 is 11.3 Å². The van der Waals surface area contributed by atoms with Crippen LogP contribution in [0.1, 0.15) is 34.6 Å². The highest BCUT2D eigenvalue weighted by molar-refractivity contribution is 7.18. The van der Waals surface area contributed by atoms with E-state index < -0.39 is 0 Å². The molecule has 6 heteroatoms. The molecule has 3 heterocycles. The maximum atomic E-state index is 13.0. The first kappa shape index (κ1) is 19.0. The molecule has 0 aliphatic carbocycles. The number of thiazole rings is 1. The number of hydrogen-bond donors (Lipinski definition) is 1. The Morgan fingerprint density at radius 2 is 1.77 bits per heavy atom. The van der Waals surface area contributed by atoms with Crippen LogP contribution < -0.4 is 10.2 Å². The van der Waals surface area contributed by atoms with Crippen molar-refractivity contribution in [1.82, 2.24) is 15.3 Å². The van der Waals surface area contributed by atoms with Gasteiger partial charge in [-0.25, -0.2) is 9.97 Å². The Kier molecular flexibility index (Phi) is 5.32. The van der Waals surface area contributed by atoms with Crippen LogP contribution in [-0.2, 0) is 6.42 Å². The van der Waals surface area contributed by atoms with Gasteiger partial charge in [0.05, 0.1) is 26.3 Å². The van der Waals surface area contributed by atoms with Crippen LogP contribution in [0.25, 0.3) is 21.1 Å². The number of aromatic nitrogens is 2. The van der Waals surface area contributed by atoms with Gasteiger partial charge in [-0.05, 0) is 43.5 Å². The lowest BCUT2D eigenvalue weighted by atomic mass is 10.1. The lowest BCUT2D eigenvalue weighted by molar-refractivity contribution is 0.0953. The van der Waals surface area contributed by atoms with E-state index in [0.717, 1.165) is 66.0 Å². The molecule has 0 unspecified atom stereocenters. The second-order valence-electron chi connectivity index (χ2n) is 7.68. The molecule has 0 spiro atoms. The third-order valence-electron chi connectivity index (χ3n) is 5.55. The first-order valence-corrected chi connectivity index (χ1v) is 11.4. The number of para-hydroxylation sites is 2. The van der Waals surface area contributed by atoms with Crippen molar-refractivity contribution in [1.29, 1.82) is 0 Å². The van der Waals surface area contributed by atoms with Gasteiger partial charge in [-0.2, -0.15) is 0 Å². The van der Waals surface area contributed by atoms with E-state index >= 15 is 0 Å². The van der Waals surface area contributed by atoms with E-state index in [1.54, 1.807) is 11.3 Å². The molecule has 5 nitrogen and oxygen atoms in total. The molecule has 0 bridgehead atoms. The lowest BCUT2D eigenvalue weighted by Gasteiger charge is -2.20. The zero-order valence-corrected chi connectivity index (χ0v) is 17.6. The number of aryl methyl sites for hydroxylation is 1. The topological polar surface area (TPSA) is 58.1 Å². The molecule has 2 aromatic carbocycles. The molecule has 2 aromatic heterocycles. The minimum absolute atomic E-state index is 0.0422. The first-order valence-electron chi connectivity index (χ1n) is 10.6. The average Bonchev–Trinajstić information content (AvgIpc) is 3.45. The predicted molar refractivity (Wildman–Crippen MR) is 123 cm³/mol. The van der Waals surface area contributed by atoms with Gasteiger partial charge in [0.1, 0.15) is 5.82 Å². The monoisotopic (exact) mass is 416 g/mol. The van der Waals surface area contributed by atoms with Gasteiger partial charge in [0.2, 0.25) is 0 Å². The van der Waals surface area contributed by atoms with Crippen LogP contribution in [0, 0.1) is 0 Å². The highest BCUT2D eigenvalue weighted by Crippen LogP contribution is 2.27. The summed E-state index contributed by atoms with van der Waals surface area (Å²) in [5.41, 5.74) is 2.67. The number of carbonyl (C=O) groups is 1. The van der Waals surface area contributed by atoms with Crippen LogP contribution in [0.3, 0.4) is 0 Å². The largest absolute Gasteiger partial charge is 0.356 e. The molecule has 4 aromatic rings. The van der Waals surface area contributed by atoms with Crippen LogP contribution in [-0.4, -0.2) is 35.5 Å². The van der Waals surface area contributed by atoms with Gasteiger partial charge >= 0.3 is 0 Å². The second-order valence-corrected chi connectivity index (χ2v) is 8.80. The lowest BCUT2D eigenvalue weighted by Crippen LogP contribution is -2.29. The van der Waals surface area contributed by atoms with Crippen molar-refractivity contribution in [3.8, 4) is 0 Å². The molecular weight excluding hydrogens is 392 g/mol. The zero-order chi connectivity index (χ0) is 20.3. The molecular formula is C24H24N4OS. The third-order valence-corrected chi connectivity index (χ3v) is 6.64. The summed E-state index contributed by atoms with van der Waals surface area (Å²) in [6, 6.07) is 18.2. The molecule has 1 aliphatic rings. The van der Waals surface area contributed by atoms with Gasteiger partial charge < -0.3 is 10.2 Å². The van der Waals surface area contributed by atoms with Gasteiger partial charge in [-0.3, -0.25) is 4.79 Å². The summed E-state index contributed by atoms with van der Waals surface area (Å²) in [4.78, 5) is 24.8. The fourth-order valence-corrected chi connectivity index (χ4v) is 5.02. The van der Waals surface area contributed by atoms with Gasteiger partial charge in [-0.15, -0.1) is 11.3 Å². The first-order chi connectivity index (χ1) is 14.8. The molecule has 30 heavy (non-hydrogen) atoms. The summed E-state index contributed by atoms with van der Waals surface area (Å²) >= 11 is 1.73. The fraction of sp³-hybridized carbons (Fsp3) is 0.292. The highest BCUT2D eigenvalue weighted by atomic mass is 32.1. The van der Waals surface area contributed by atoms with Gasteiger partial charge in [0.15, 0.2) is 0 Å². The van der Waals surface area contributed by atoms with Crippen LogP contribution in [0.15, 0.2) is 54.6 Å². The minimum Gasteiger partial charge on any atom is -0.356 e. The SMILES string of the molecule is O=C(NCCCc1nc2ccccc2s1)c1cc2ccccc2nc1N1CCCC1. The molecule has 1 fully saturated rings. The number of benzene rings is 2. The molecule has 1 amide bonds. The zero-order valence-electron chi connectivity index (χ0n) is 16.8. The summed E-state index contributed by atoms with van der Waals surface area (Å²) in [6.07, 6.45) is 4.04. The van der Waals surface area contributed by atoms with Gasteiger partial charge in [-0.1, -0.05) is 30.3 Å². The van der Waals surface area contributed by atoms with E-state index in [2.05, 4.69) is 21.3 Å². The summed E-state index contributed by atoms with van der Waals surface area (Å²) in [5, 5.41) is 5.22. The Hall–Kier alpha value is -2.99. The number of hydrogen-bond acceptors (Lipinski definition) is 5. The van der Waals surface area contributed by atoms with E-state index in [1.807, 2.05) is 48.5 Å². The maximum absolute atomic E-state index is 13.0. The average molecular weight is 417 g/mol.